The maximum Gasteiger partial charge on any atom is 0.0449 e. The van der Waals surface area contributed by atoms with Crippen molar-refractivity contribution in [2.24, 2.45) is 5.73 Å². The van der Waals surface area contributed by atoms with E-state index in [1.54, 1.807) is 0 Å². The first-order valence-corrected chi connectivity index (χ1v) is 5.74. The van der Waals surface area contributed by atoms with Crippen LogP contribution in [0.2, 0.25) is 5.02 Å². The van der Waals surface area contributed by atoms with Crippen LogP contribution in [0.5, 0.6) is 0 Å². The van der Waals surface area contributed by atoms with Crippen molar-refractivity contribution in [3.63, 3.8) is 0 Å². The van der Waals surface area contributed by atoms with Crippen LogP contribution in [0.15, 0.2) is 24.3 Å². The van der Waals surface area contributed by atoms with Crippen molar-refractivity contribution in [1.82, 2.24) is 5.32 Å². The van der Waals surface area contributed by atoms with E-state index in [0.29, 0.717) is 12.1 Å². The van der Waals surface area contributed by atoms with Crippen LogP contribution in [0.25, 0.3) is 0 Å². The zero-order valence-corrected chi connectivity index (χ0v) is 9.72. The maximum absolute atomic E-state index is 5.96. The molecule has 82 valence electrons. The molecule has 1 aliphatic carbocycles. The first kappa shape index (κ1) is 10.9. The third-order valence-corrected chi connectivity index (χ3v) is 3.24. The predicted molar refractivity (Wildman–Crippen MR) is 64.0 cm³/mol. The number of benzene rings is 1. The molecule has 1 aromatic rings. The molecule has 2 nitrogen and oxygen atoms in total. The van der Waals surface area contributed by atoms with Gasteiger partial charge >= 0.3 is 0 Å². The van der Waals surface area contributed by atoms with Gasteiger partial charge in [-0.3, -0.25) is 0 Å². The van der Waals surface area contributed by atoms with Gasteiger partial charge in [-0.1, -0.05) is 23.7 Å². The van der Waals surface area contributed by atoms with Crippen molar-refractivity contribution in [3.8, 4) is 0 Å². The minimum atomic E-state index is 0.219. The highest BCUT2D eigenvalue weighted by Gasteiger charge is 2.38. The Morgan fingerprint density at radius 2 is 2.27 bits per heavy atom. The van der Waals surface area contributed by atoms with E-state index in [1.807, 2.05) is 18.2 Å². The molecule has 1 unspecified atom stereocenters. The smallest absolute Gasteiger partial charge is 0.0449 e. The van der Waals surface area contributed by atoms with Crippen LogP contribution >= 0.6 is 11.6 Å². The van der Waals surface area contributed by atoms with Gasteiger partial charge in [0.25, 0.3) is 0 Å². The summed E-state index contributed by atoms with van der Waals surface area (Å²) in [7, 11) is 0. The number of rotatable bonds is 4. The molecule has 15 heavy (non-hydrogen) atoms. The summed E-state index contributed by atoms with van der Waals surface area (Å²) in [5, 5.41) is 4.35. The largest absolute Gasteiger partial charge is 0.329 e. The van der Waals surface area contributed by atoms with Crippen LogP contribution in [0.1, 0.15) is 31.4 Å². The molecule has 3 heteroatoms. The number of hydrogen-bond donors (Lipinski definition) is 2. The number of halogens is 1. The summed E-state index contributed by atoms with van der Waals surface area (Å²) in [6, 6.07) is 8.13. The van der Waals surface area contributed by atoms with Crippen molar-refractivity contribution in [2.75, 3.05) is 6.54 Å². The molecule has 0 spiro atoms. The average Bonchev–Trinajstić information content (AvgIpc) is 2.93. The van der Waals surface area contributed by atoms with E-state index in [-0.39, 0.29) is 6.04 Å². The second kappa shape index (κ2) is 4.12. The summed E-state index contributed by atoms with van der Waals surface area (Å²) in [6.07, 6.45) is 2.48. The number of nitrogens with one attached hydrogen (secondary N) is 1. The van der Waals surface area contributed by atoms with Gasteiger partial charge in [-0.2, -0.15) is 0 Å². The van der Waals surface area contributed by atoms with E-state index in [0.717, 1.165) is 5.02 Å². The average molecular weight is 225 g/mol. The Balaban J connectivity index is 2.11. The molecule has 1 aromatic carbocycles. The van der Waals surface area contributed by atoms with Gasteiger partial charge in [-0.15, -0.1) is 0 Å². The molecule has 0 amide bonds. The van der Waals surface area contributed by atoms with E-state index in [4.69, 9.17) is 17.3 Å². The molecule has 1 atom stereocenters. The lowest BCUT2D eigenvalue weighted by atomic mass is 10.1. The highest BCUT2D eigenvalue weighted by Crippen LogP contribution is 2.36. The molecular weight excluding hydrogens is 208 g/mol. The summed E-state index contributed by atoms with van der Waals surface area (Å²) in [4.78, 5) is 0. The van der Waals surface area contributed by atoms with Crippen molar-refractivity contribution in [2.45, 2.75) is 31.3 Å². The van der Waals surface area contributed by atoms with Gasteiger partial charge in [-0.05, 0) is 37.5 Å². The molecule has 3 N–H and O–H groups in total. The summed E-state index contributed by atoms with van der Waals surface area (Å²) >= 11 is 5.96. The molecule has 1 saturated carbocycles. The minimum absolute atomic E-state index is 0.219. The van der Waals surface area contributed by atoms with E-state index in [1.165, 1.54) is 18.4 Å². The Morgan fingerprint density at radius 1 is 1.53 bits per heavy atom. The molecule has 0 heterocycles. The van der Waals surface area contributed by atoms with Crippen LogP contribution in [0.4, 0.5) is 0 Å². The van der Waals surface area contributed by atoms with Crippen LogP contribution < -0.4 is 11.1 Å². The SMILES string of the molecule is CC1(NC(CN)c2cccc(Cl)c2)CC1. The lowest BCUT2D eigenvalue weighted by Crippen LogP contribution is -2.36. The van der Waals surface area contributed by atoms with E-state index >= 15 is 0 Å². The van der Waals surface area contributed by atoms with Crippen molar-refractivity contribution < 1.29 is 0 Å². The van der Waals surface area contributed by atoms with E-state index < -0.39 is 0 Å². The molecular formula is C12H17ClN2. The Kier molecular flexibility index (Phi) is 3.01. The van der Waals surface area contributed by atoms with E-state index in [9.17, 15) is 0 Å². The quantitative estimate of drug-likeness (QED) is 0.825. The van der Waals surface area contributed by atoms with Gasteiger partial charge in [0.05, 0.1) is 0 Å². The number of hydrogen-bond acceptors (Lipinski definition) is 2. The predicted octanol–water partition coefficient (Wildman–Crippen LogP) is 2.48. The highest BCUT2D eigenvalue weighted by molar-refractivity contribution is 6.30. The van der Waals surface area contributed by atoms with Crippen molar-refractivity contribution >= 4 is 11.6 Å². The Hall–Kier alpha value is -0.570. The van der Waals surface area contributed by atoms with Gasteiger partial charge in [-0.25, -0.2) is 0 Å². The van der Waals surface area contributed by atoms with Gasteiger partial charge in [0.15, 0.2) is 0 Å². The fraction of sp³-hybridized carbons (Fsp3) is 0.500. The maximum atomic E-state index is 5.96. The van der Waals surface area contributed by atoms with Gasteiger partial charge in [0, 0.05) is 23.1 Å². The Bertz CT molecular complexity index is 347. The molecule has 0 bridgehead atoms. The fourth-order valence-electron chi connectivity index (χ4n) is 1.75. The third kappa shape index (κ3) is 2.71. The summed E-state index contributed by atoms with van der Waals surface area (Å²) in [6.45, 7) is 2.84. The normalized spacial score (nSPS) is 19.9. The molecule has 0 saturated heterocycles. The topological polar surface area (TPSA) is 38.0 Å². The van der Waals surface area contributed by atoms with E-state index in [2.05, 4.69) is 18.3 Å². The van der Waals surface area contributed by atoms with Crippen LogP contribution in [0.3, 0.4) is 0 Å². The summed E-state index contributed by atoms with van der Waals surface area (Å²) in [5.41, 5.74) is 7.26. The first-order chi connectivity index (χ1) is 7.13. The third-order valence-electron chi connectivity index (χ3n) is 3.01. The second-order valence-electron chi connectivity index (χ2n) is 4.55. The second-order valence-corrected chi connectivity index (χ2v) is 4.98. The van der Waals surface area contributed by atoms with Crippen LogP contribution in [-0.2, 0) is 0 Å². The van der Waals surface area contributed by atoms with Gasteiger partial charge in [0.2, 0.25) is 0 Å². The summed E-state index contributed by atoms with van der Waals surface area (Å²) in [5.74, 6) is 0. The molecule has 0 radical (unpaired) electrons. The minimum Gasteiger partial charge on any atom is -0.329 e. The Labute approximate surface area is 95.8 Å². The first-order valence-electron chi connectivity index (χ1n) is 5.36. The zero-order valence-electron chi connectivity index (χ0n) is 8.96. The highest BCUT2D eigenvalue weighted by atomic mass is 35.5. The molecule has 0 aliphatic heterocycles. The zero-order chi connectivity index (χ0) is 10.9. The monoisotopic (exact) mass is 224 g/mol. The number of nitrogens with two attached hydrogens (primary N) is 1. The van der Waals surface area contributed by atoms with Gasteiger partial charge in [0.1, 0.15) is 0 Å². The fourth-order valence-corrected chi connectivity index (χ4v) is 1.95. The molecule has 0 aromatic heterocycles. The van der Waals surface area contributed by atoms with Crippen LogP contribution in [0, 0.1) is 0 Å². The van der Waals surface area contributed by atoms with Crippen LogP contribution in [-0.4, -0.2) is 12.1 Å². The molecule has 1 fully saturated rings. The van der Waals surface area contributed by atoms with Crippen molar-refractivity contribution in [1.29, 1.82) is 0 Å². The lowest BCUT2D eigenvalue weighted by Gasteiger charge is -2.22. The molecule has 1 aliphatic rings. The van der Waals surface area contributed by atoms with Crippen molar-refractivity contribution in [3.05, 3.63) is 34.9 Å². The van der Waals surface area contributed by atoms with Gasteiger partial charge < -0.3 is 11.1 Å². The summed E-state index contributed by atoms with van der Waals surface area (Å²) < 4.78 is 0. The lowest BCUT2D eigenvalue weighted by molar-refractivity contribution is 0.448. The molecule has 2 rings (SSSR count). The Morgan fingerprint density at radius 3 is 2.80 bits per heavy atom. The standard InChI is InChI=1S/C12H17ClN2/c1-12(5-6-12)15-11(8-14)9-3-2-4-10(13)7-9/h2-4,7,11,15H,5-6,8,14H2,1H3.